The van der Waals surface area contributed by atoms with Gasteiger partial charge in [-0.1, -0.05) is 6.07 Å². The monoisotopic (exact) mass is 311 g/mol. The highest BCUT2D eigenvalue weighted by Crippen LogP contribution is 2.30. The molecule has 3 heterocycles. The lowest BCUT2D eigenvalue weighted by atomic mass is 10.0. The van der Waals surface area contributed by atoms with Gasteiger partial charge in [0.25, 0.3) is 0 Å². The SMILES string of the molecule is Cn1cc(-c2ccc3c(n2)N(C(=O)NCC2CC2)CCC3)cn1. The summed E-state index contributed by atoms with van der Waals surface area (Å²) < 4.78 is 1.76. The molecule has 4 rings (SSSR count). The van der Waals surface area contributed by atoms with Gasteiger partial charge >= 0.3 is 6.03 Å². The molecule has 0 saturated heterocycles. The van der Waals surface area contributed by atoms with Crippen LogP contribution in [0.5, 0.6) is 0 Å². The Bertz CT molecular complexity index is 734. The van der Waals surface area contributed by atoms with Gasteiger partial charge in [-0.2, -0.15) is 5.10 Å². The fourth-order valence-corrected chi connectivity index (χ4v) is 3.00. The van der Waals surface area contributed by atoms with Crippen molar-refractivity contribution in [2.45, 2.75) is 25.7 Å². The van der Waals surface area contributed by atoms with E-state index in [0.717, 1.165) is 48.6 Å². The van der Waals surface area contributed by atoms with E-state index >= 15 is 0 Å². The third kappa shape index (κ3) is 2.93. The predicted molar refractivity (Wildman–Crippen MR) is 88.2 cm³/mol. The summed E-state index contributed by atoms with van der Waals surface area (Å²) in [5.74, 6) is 1.48. The number of fused-ring (bicyclic) bond motifs is 1. The fourth-order valence-electron chi connectivity index (χ4n) is 3.00. The van der Waals surface area contributed by atoms with Crippen molar-refractivity contribution in [3.8, 4) is 11.3 Å². The van der Waals surface area contributed by atoms with Crippen molar-refractivity contribution in [2.24, 2.45) is 13.0 Å². The Kier molecular flexibility index (Phi) is 3.52. The van der Waals surface area contributed by atoms with Crippen molar-refractivity contribution in [3.63, 3.8) is 0 Å². The number of anilines is 1. The largest absolute Gasteiger partial charge is 0.337 e. The number of carbonyl (C=O) groups is 1. The second-order valence-corrected chi connectivity index (χ2v) is 6.47. The second-order valence-electron chi connectivity index (χ2n) is 6.47. The van der Waals surface area contributed by atoms with Crippen LogP contribution in [0.3, 0.4) is 0 Å². The number of nitrogens with zero attached hydrogens (tertiary/aromatic N) is 4. The van der Waals surface area contributed by atoms with Crippen LogP contribution in [0.15, 0.2) is 24.5 Å². The van der Waals surface area contributed by atoms with E-state index in [0.29, 0.717) is 5.92 Å². The van der Waals surface area contributed by atoms with Crippen molar-refractivity contribution in [3.05, 3.63) is 30.1 Å². The summed E-state index contributed by atoms with van der Waals surface area (Å²) in [6, 6.07) is 4.08. The first-order valence-corrected chi connectivity index (χ1v) is 8.25. The molecule has 0 unspecified atom stereocenters. The van der Waals surface area contributed by atoms with Gasteiger partial charge in [-0.3, -0.25) is 9.58 Å². The molecule has 0 radical (unpaired) electrons. The lowest BCUT2D eigenvalue weighted by Crippen LogP contribution is -2.44. The van der Waals surface area contributed by atoms with E-state index in [4.69, 9.17) is 4.98 Å². The minimum absolute atomic E-state index is 0.0197. The van der Waals surface area contributed by atoms with Crippen molar-refractivity contribution >= 4 is 11.8 Å². The van der Waals surface area contributed by atoms with E-state index < -0.39 is 0 Å². The Hall–Kier alpha value is -2.37. The quantitative estimate of drug-likeness (QED) is 0.946. The lowest BCUT2D eigenvalue weighted by molar-refractivity contribution is 0.245. The van der Waals surface area contributed by atoms with Gasteiger partial charge in [0.2, 0.25) is 0 Å². The Labute approximate surface area is 135 Å². The standard InChI is InChI=1S/C17H21N5O/c1-21-11-14(10-19-21)15-7-6-13-3-2-8-22(16(13)20-15)17(23)18-9-12-4-5-12/h6-7,10-12H,2-5,8-9H2,1H3,(H,18,23). The molecule has 2 aromatic rings. The van der Waals surface area contributed by atoms with Crippen molar-refractivity contribution in [1.82, 2.24) is 20.1 Å². The smallest absolute Gasteiger partial charge is 0.323 e. The first-order valence-electron chi connectivity index (χ1n) is 8.25. The van der Waals surface area contributed by atoms with Gasteiger partial charge in [-0.25, -0.2) is 9.78 Å². The van der Waals surface area contributed by atoms with Gasteiger partial charge in [0.15, 0.2) is 0 Å². The summed E-state index contributed by atoms with van der Waals surface area (Å²) in [4.78, 5) is 19.0. The van der Waals surface area contributed by atoms with Gasteiger partial charge in [0.05, 0.1) is 11.9 Å². The van der Waals surface area contributed by atoms with Crippen LogP contribution >= 0.6 is 0 Å². The van der Waals surface area contributed by atoms with Gasteiger partial charge < -0.3 is 5.32 Å². The fraction of sp³-hybridized carbons (Fsp3) is 0.471. The number of hydrogen-bond donors (Lipinski definition) is 1. The number of aryl methyl sites for hydroxylation is 2. The van der Waals surface area contributed by atoms with Gasteiger partial charge in [-0.15, -0.1) is 0 Å². The van der Waals surface area contributed by atoms with Crippen LogP contribution in [0.4, 0.5) is 10.6 Å². The average Bonchev–Trinajstić information content (AvgIpc) is 3.31. The zero-order chi connectivity index (χ0) is 15.8. The average molecular weight is 311 g/mol. The molecule has 0 aromatic carbocycles. The molecule has 2 aliphatic rings. The molecule has 1 aliphatic heterocycles. The van der Waals surface area contributed by atoms with E-state index in [-0.39, 0.29) is 6.03 Å². The number of pyridine rings is 1. The van der Waals surface area contributed by atoms with Crippen LogP contribution < -0.4 is 10.2 Å². The van der Waals surface area contributed by atoms with Crippen LogP contribution in [0.25, 0.3) is 11.3 Å². The molecule has 120 valence electrons. The zero-order valence-electron chi connectivity index (χ0n) is 13.3. The molecule has 6 heteroatoms. The number of aromatic nitrogens is 3. The summed E-state index contributed by atoms with van der Waals surface area (Å²) >= 11 is 0. The van der Waals surface area contributed by atoms with Crippen LogP contribution in [-0.4, -0.2) is 33.9 Å². The molecule has 23 heavy (non-hydrogen) atoms. The molecule has 2 amide bonds. The third-order valence-corrected chi connectivity index (χ3v) is 4.52. The van der Waals surface area contributed by atoms with Gasteiger partial charge in [0.1, 0.15) is 5.82 Å². The molecule has 6 nitrogen and oxygen atoms in total. The maximum absolute atomic E-state index is 12.5. The lowest BCUT2D eigenvalue weighted by Gasteiger charge is -2.28. The van der Waals surface area contributed by atoms with Crippen LogP contribution in [-0.2, 0) is 13.5 Å². The van der Waals surface area contributed by atoms with E-state index in [1.807, 2.05) is 19.3 Å². The van der Waals surface area contributed by atoms with Gasteiger partial charge in [0, 0.05) is 31.9 Å². The molecular formula is C17H21N5O. The van der Waals surface area contributed by atoms with E-state index in [1.165, 1.54) is 12.8 Å². The molecule has 1 N–H and O–H groups in total. The minimum Gasteiger partial charge on any atom is -0.337 e. The molecular weight excluding hydrogens is 290 g/mol. The summed E-state index contributed by atoms with van der Waals surface area (Å²) in [5, 5.41) is 7.25. The van der Waals surface area contributed by atoms with E-state index in [9.17, 15) is 4.79 Å². The zero-order valence-corrected chi connectivity index (χ0v) is 13.3. The van der Waals surface area contributed by atoms with Crippen LogP contribution in [0.2, 0.25) is 0 Å². The Balaban J connectivity index is 1.61. The van der Waals surface area contributed by atoms with Crippen molar-refractivity contribution in [1.29, 1.82) is 0 Å². The molecule has 0 bridgehead atoms. The van der Waals surface area contributed by atoms with Gasteiger partial charge in [-0.05, 0) is 43.2 Å². The predicted octanol–water partition coefficient (Wildman–Crippen LogP) is 2.35. The first kappa shape index (κ1) is 14.2. The van der Waals surface area contributed by atoms with Crippen molar-refractivity contribution < 1.29 is 4.79 Å². The van der Waals surface area contributed by atoms with E-state index in [2.05, 4.69) is 16.5 Å². The maximum Gasteiger partial charge on any atom is 0.323 e. The number of nitrogens with one attached hydrogen (secondary N) is 1. The van der Waals surface area contributed by atoms with E-state index in [1.54, 1.807) is 15.8 Å². The number of carbonyl (C=O) groups excluding carboxylic acids is 1. The molecule has 2 aromatic heterocycles. The summed E-state index contributed by atoms with van der Waals surface area (Å²) in [6.07, 6.45) is 8.17. The normalized spacial score (nSPS) is 17.0. The number of rotatable bonds is 3. The highest BCUT2D eigenvalue weighted by molar-refractivity contribution is 5.92. The second kappa shape index (κ2) is 5.68. The Morgan fingerprint density at radius 3 is 3.00 bits per heavy atom. The minimum atomic E-state index is -0.0197. The molecule has 1 fully saturated rings. The number of amides is 2. The summed E-state index contributed by atoms with van der Waals surface area (Å²) in [6.45, 7) is 1.51. The summed E-state index contributed by atoms with van der Waals surface area (Å²) in [7, 11) is 1.89. The molecule has 1 saturated carbocycles. The summed E-state index contributed by atoms with van der Waals surface area (Å²) in [5.41, 5.74) is 2.98. The molecule has 1 aliphatic carbocycles. The number of hydrogen-bond acceptors (Lipinski definition) is 3. The highest BCUT2D eigenvalue weighted by atomic mass is 16.2. The molecule has 0 spiro atoms. The highest BCUT2D eigenvalue weighted by Gasteiger charge is 2.27. The third-order valence-electron chi connectivity index (χ3n) is 4.52. The first-order chi connectivity index (χ1) is 11.2. The Morgan fingerprint density at radius 1 is 1.39 bits per heavy atom. The molecule has 0 atom stereocenters. The van der Waals surface area contributed by atoms with Crippen molar-refractivity contribution in [2.75, 3.05) is 18.0 Å². The topological polar surface area (TPSA) is 63.1 Å². The Morgan fingerprint density at radius 2 is 2.26 bits per heavy atom. The van der Waals surface area contributed by atoms with Crippen LogP contribution in [0.1, 0.15) is 24.8 Å². The number of urea groups is 1. The maximum atomic E-state index is 12.5. The van der Waals surface area contributed by atoms with Crippen LogP contribution in [0, 0.1) is 5.92 Å².